The van der Waals surface area contributed by atoms with Crippen LogP contribution in [-0.4, -0.2) is 5.66 Å². The van der Waals surface area contributed by atoms with E-state index in [9.17, 15) is 0 Å². The van der Waals surface area contributed by atoms with Crippen LogP contribution in [0.3, 0.4) is 0 Å². The van der Waals surface area contributed by atoms with Crippen molar-refractivity contribution in [3.8, 4) is 0 Å². The third kappa shape index (κ3) is 2.91. The molecule has 2 N–H and O–H groups in total. The molecule has 2 aromatic rings. The van der Waals surface area contributed by atoms with Gasteiger partial charge in [0.1, 0.15) is 5.66 Å². The molecule has 20 heavy (non-hydrogen) atoms. The maximum Gasteiger partial charge on any atom is 0.131 e. The number of benzene rings is 2. The molecule has 0 amide bonds. The van der Waals surface area contributed by atoms with E-state index in [0.29, 0.717) is 0 Å². The van der Waals surface area contributed by atoms with Gasteiger partial charge in [-0.1, -0.05) is 54.6 Å². The van der Waals surface area contributed by atoms with Gasteiger partial charge in [0, 0.05) is 17.8 Å². The Kier molecular flexibility index (Phi) is 3.55. The Balaban J connectivity index is 1.85. The summed E-state index contributed by atoms with van der Waals surface area (Å²) in [6.07, 6.45) is 9.40. The molecule has 0 spiro atoms. The van der Waals surface area contributed by atoms with Crippen molar-refractivity contribution in [1.29, 1.82) is 0 Å². The second-order valence-electron chi connectivity index (χ2n) is 4.94. The van der Waals surface area contributed by atoms with E-state index in [0.717, 1.165) is 17.8 Å². The number of rotatable bonds is 4. The average Bonchev–Trinajstić information content (AvgIpc) is 2.50. The van der Waals surface area contributed by atoms with E-state index in [4.69, 9.17) is 0 Å². The molecule has 0 fully saturated rings. The van der Waals surface area contributed by atoms with Gasteiger partial charge in [0.15, 0.2) is 0 Å². The normalized spacial score (nSPS) is 15.8. The summed E-state index contributed by atoms with van der Waals surface area (Å²) in [5.74, 6) is 0. The van der Waals surface area contributed by atoms with Gasteiger partial charge >= 0.3 is 0 Å². The average molecular weight is 262 g/mol. The van der Waals surface area contributed by atoms with Crippen molar-refractivity contribution >= 4 is 11.4 Å². The van der Waals surface area contributed by atoms with Crippen LogP contribution in [-0.2, 0) is 0 Å². The standard InChI is InChI=1S/C18H18N2/c1-4-10-16(11-5-1)19-18(14-8-3-9-15-18)20-17-12-6-2-7-13-17/h1-14,19-20H,15H2. The van der Waals surface area contributed by atoms with E-state index in [2.05, 4.69) is 59.2 Å². The quantitative estimate of drug-likeness (QED) is 0.797. The highest BCUT2D eigenvalue weighted by Gasteiger charge is 2.26. The first-order valence-corrected chi connectivity index (χ1v) is 6.87. The smallest absolute Gasteiger partial charge is 0.131 e. The third-order valence-corrected chi connectivity index (χ3v) is 3.35. The fourth-order valence-corrected chi connectivity index (χ4v) is 2.40. The molecule has 3 rings (SSSR count). The Morgan fingerprint density at radius 2 is 1.25 bits per heavy atom. The third-order valence-electron chi connectivity index (χ3n) is 3.35. The summed E-state index contributed by atoms with van der Waals surface area (Å²) >= 11 is 0. The van der Waals surface area contributed by atoms with Crippen LogP contribution in [0.15, 0.2) is 85.0 Å². The highest BCUT2D eigenvalue weighted by Crippen LogP contribution is 2.25. The predicted octanol–water partition coefficient (Wildman–Crippen LogP) is 4.42. The molecule has 2 aromatic carbocycles. The van der Waals surface area contributed by atoms with Crippen molar-refractivity contribution in [2.45, 2.75) is 12.1 Å². The van der Waals surface area contributed by atoms with E-state index >= 15 is 0 Å². The van der Waals surface area contributed by atoms with Crippen molar-refractivity contribution in [2.24, 2.45) is 0 Å². The lowest BCUT2D eigenvalue weighted by Gasteiger charge is -2.35. The molecule has 0 saturated carbocycles. The first kappa shape index (κ1) is 12.5. The Morgan fingerprint density at radius 3 is 1.70 bits per heavy atom. The largest absolute Gasteiger partial charge is 0.359 e. The van der Waals surface area contributed by atoms with E-state index in [1.165, 1.54) is 0 Å². The van der Waals surface area contributed by atoms with Crippen LogP contribution in [0, 0.1) is 0 Å². The van der Waals surface area contributed by atoms with Gasteiger partial charge in [-0.05, 0) is 30.3 Å². The molecule has 0 radical (unpaired) electrons. The van der Waals surface area contributed by atoms with Crippen LogP contribution in [0.5, 0.6) is 0 Å². The lowest BCUT2D eigenvalue weighted by Crippen LogP contribution is -2.44. The molecular formula is C18H18N2. The van der Waals surface area contributed by atoms with Gasteiger partial charge in [-0.25, -0.2) is 0 Å². The van der Waals surface area contributed by atoms with Crippen molar-refractivity contribution in [3.05, 3.63) is 85.0 Å². The van der Waals surface area contributed by atoms with Crippen molar-refractivity contribution in [1.82, 2.24) is 0 Å². The van der Waals surface area contributed by atoms with Gasteiger partial charge in [0.2, 0.25) is 0 Å². The van der Waals surface area contributed by atoms with Crippen LogP contribution in [0.25, 0.3) is 0 Å². The van der Waals surface area contributed by atoms with Crippen LogP contribution in [0.1, 0.15) is 6.42 Å². The number of anilines is 2. The molecule has 0 heterocycles. The van der Waals surface area contributed by atoms with Crippen molar-refractivity contribution < 1.29 is 0 Å². The molecule has 2 heteroatoms. The van der Waals surface area contributed by atoms with Crippen molar-refractivity contribution in [2.75, 3.05) is 10.6 Å². The zero-order valence-corrected chi connectivity index (χ0v) is 11.3. The molecular weight excluding hydrogens is 244 g/mol. The Morgan fingerprint density at radius 1 is 0.700 bits per heavy atom. The molecule has 0 saturated heterocycles. The van der Waals surface area contributed by atoms with Gasteiger partial charge in [-0.15, -0.1) is 0 Å². The summed E-state index contributed by atoms with van der Waals surface area (Å²) in [6, 6.07) is 20.6. The van der Waals surface area contributed by atoms with Gasteiger partial charge < -0.3 is 10.6 Å². The summed E-state index contributed by atoms with van der Waals surface area (Å²) in [4.78, 5) is 0. The number of nitrogens with one attached hydrogen (secondary N) is 2. The van der Waals surface area contributed by atoms with E-state index < -0.39 is 0 Å². The predicted molar refractivity (Wildman–Crippen MR) is 85.8 cm³/mol. The van der Waals surface area contributed by atoms with Gasteiger partial charge in [-0.3, -0.25) is 0 Å². The molecule has 0 aromatic heterocycles. The topological polar surface area (TPSA) is 24.1 Å². The lowest BCUT2D eigenvalue weighted by atomic mass is 9.99. The summed E-state index contributed by atoms with van der Waals surface area (Å²) in [5.41, 5.74) is 1.93. The molecule has 0 aliphatic heterocycles. The molecule has 0 bridgehead atoms. The number of hydrogen-bond acceptors (Lipinski definition) is 2. The van der Waals surface area contributed by atoms with E-state index in [-0.39, 0.29) is 5.66 Å². The Hall–Kier alpha value is -2.48. The number of hydrogen-bond donors (Lipinski definition) is 2. The first-order valence-electron chi connectivity index (χ1n) is 6.87. The minimum absolute atomic E-state index is 0.280. The monoisotopic (exact) mass is 262 g/mol. The van der Waals surface area contributed by atoms with Crippen LogP contribution in [0.4, 0.5) is 11.4 Å². The summed E-state index contributed by atoms with van der Waals surface area (Å²) in [5, 5.41) is 7.19. The van der Waals surface area contributed by atoms with Crippen LogP contribution in [0.2, 0.25) is 0 Å². The lowest BCUT2D eigenvalue weighted by molar-refractivity contribution is 0.658. The fourth-order valence-electron chi connectivity index (χ4n) is 2.40. The SMILES string of the molecule is C1=CCC(Nc2ccccc2)(Nc2ccccc2)C=C1. The highest BCUT2D eigenvalue weighted by molar-refractivity contribution is 5.55. The second-order valence-corrected chi connectivity index (χ2v) is 4.94. The summed E-state index contributed by atoms with van der Waals surface area (Å²) < 4.78 is 0. The van der Waals surface area contributed by atoms with E-state index in [1.54, 1.807) is 0 Å². The minimum atomic E-state index is -0.280. The summed E-state index contributed by atoms with van der Waals surface area (Å²) in [6.45, 7) is 0. The zero-order valence-electron chi connectivity index (χ0n) is 11.3. The Bertz CT molecular complexity index is 558. The van der Waals surface area contributed by atoms with Crippen molar-refractivity contribution in [3.63, 3.8) is 0 Å². The minimum Gasteiger partial charge on any atom is -0.359 e. The fraction of sp³-hybridized carbons (Fsp3) is 0.111. The molecule has 0 unspecified atom stereocenters. The van der Waals surface area contributed by atoms with Crippen LogP contribution >= 0.6 is 0 Å². The van der Waals surface area contributed by atoms with Gasteiger partial charge in [-0.2, -0.15) is 0 Å². The van der Waals surface area contributed by atoms with E-state index in [1.807, 2.05) is 36.4 Å². The summed E-state index contributed by atoms with van der Waals surface area (Å²) in [7, 11) is 0. The first-order chi connectivity index (χ1) is 9.86. The van der Waals surface area contributed by atoms with Gasteiger partial charge in [0.05, 0.1) is 0 Å². The molecule has 1 aliphatic carbocycles. The number of allylic oxidation sites excluding steroid dienone is 2. The highest BCUT2D eigenvalue weighted by atomic mass is 15.2. The molecule has 100 valence electrons. The Labute approximate surface area is 119 Å². The number of para-hydroxylation sites is 2. The zero-order chi connectivity index (χ0) is 13.7. The van der Waals surface area contributed by atoms with Crippen LogP contribution < -0.4 is 10.6 Å². The molecule has 2 nitrogen and oxygen atoms in total. The maximum absolute atomic E-state index is 3.59. The molecule has 1 aliphatic rings. The second kappa shape index (κ2) is 5.66. The maximum atomic E-state index is 3.59. The van der Waals surface area contributed by atoms with Gasteiger partial charge in [0.25, 0.3) is 0 Å². The molecule has 0 atom stereocenters.